The van der Waals surface area contributed by atoms with Gasteiger partial charge in [-0.1, -0.05) is 42.5 Å². The third kappa shape index (κ3) is 5.89. The van der Waals surface area contributed by atoms with Crippen LogP contribution in [0.1, 0.15) is 52.4 Å². The number of hydrogen-bond donors (Lipinski definition) is 0. The molecule has 0 N–H and O–H groups in total. The maximum Gasteiger partial charge on any atom is 0.400 e. The average molecular weight is 623 g/mol. The molecular weight excluding hydrogens is 588 g/mol. The van der Waals surface area contributed by atoms with E-state index in [1.165, 1.54) is 45.8 Å². The van der Waals surface area contributed by atoms with Crippen molar-refractivity contribution in [3.05, 3.63) is 113 Å². The average Bonchev–Trinajstić information content (AvgIpc) is 3.69. The minimum atomic E-state index is -4.52. The van der Waals surface area contributed by atoms with Crippen LogP contribution < -0.4 is 0 Å². The molecule has 2 fully saturated rings. The van der Waals surface area contributed by atoms with Crippen molar-refractivity contribution >= 4 is 17.7 Å². The van der Waals surface area contributed by atoms with E-state index in [4.69, 9.17) is 0 Å². The summed E-state index contributed by atoms with van der Waals surface area (Å²) in [5, 5.41) is 4.54. The van der Waals surface area contributed by atoms with Crippen LogP contribution in [0.25, 0.3) is 5.69 Å². The summed E-state index contributed by atoms with van der Waals surface area (Å²) in [6, 6.07) is 22.3. The van der Waals surface area contributed by atoms with Crippen molar-refractivity contribution < 1.29 is 22.4 Å². The van der Waals surface area contributed by atoms with Crippen molar-refractivity contribution in [1.82, 2.24) is 19.6 Å². The summed E-state index contributed by atoms with van der Waals surface area (Å²) in [5.41, 5.74) is 0.860. The molecule has 4 aromatic rings. The molecule has 44 heavy (non-hydrogen) atoms. The number of carbonyl (C=O) groups is 1. The zero-order chi connectivity index (χ0) is 30.9. The molecule has 2 saturated heterocycles. The molecular formula is C34H34F4N4OS. The maximum atomic E-state index is 14.6. The number of rotatable bonds is 7. The van der Waals surface area contributed by atoms with E-state index in [1.807, 2.05) is 0 Å². The van der Waals surface area contributed by atoms with Crippen LogP contribution in [-0.2, 0) is 12.0 Å². The van der Waals surface area contributed by atoms with Gasteiger partial charge in [0.2, 0.25) is 0 Å². The van der Waals surface area contributed by atoms with Crippen LogP contribution in [0.4, 0.5) is 17.6 Å². The topological polar surface area (TPSA) is 41.4 Å². The predicted octanol–water partition coefficient (Wildman–Crippen LogP) is 7.46. The fourth-order valence-electron chi connectivity index (χ4n) is 6.60. The number of hydrogen-bond acceptors (Lipinski definition) is 4. The second kappa shape index (κ2) is 12.4. The Labute approximate surface area is 258 Å². The molecule has 1 amide bonds. The Bertz CT molecular complexity index is 1580. The molecule has 10 heteroatoms. The second-order valence-corrected chi connectivity index (χ2v) is 12.5. The number of carbonyl (C=O) groups excluding carboxylic acids is 1. The van der Waals surface area contributed by atoms with Gasteiger partial charge >= 0.3 is 6.18 Å². The standard InChI is InChI=1S/C34H34F4N4OS/c1-44-29-13-7-24(8-14-29)22-40-18-15-25(16-19-40)31-30(21-39-42(31)28-11-9-27(35)10-12-28)32(43)41-20-17-33(23-41,34(36,37)38)26-5-3-2-4-6-26/h2-14,21,25H,15-20,22-23H2,1H3. The fraction of sp³-hybridized carbons (Fsp3) is 0.353. The van der Waals surface area contributed by atoms with Gasteiger partial charge in [0.1, 0.15) is 11.2 Å². The Morgan fingerprint density at radius 2 is 1.64 bits per heavy atom. The first-order valence-corrected chi connectivity index (χ1v) is 16.0. The summed E-state index contributed by atoms with van der Waals surface area (Å²) in [4.78, 5) is 19.0. The summed E-state index contributed by atoms with van der Waals surface area (Å²) in [6.07, 6.45) is 0.308. The molecule has 1 unspecified atom stereocenters. The highest BCUT2D eigenvalue weighted by atomic mass is 32.2. The maximum absolute atomic E-state index is 14.6. The SMILES string of the molecule is CSc1ccc(CN2CCC(c3c(C(=O)N4CCC(c5ccccc5)(C(F)(F)F)C4)cnn3-c3ccc(F)cc3)CC2)cc1. The summed E-state index contributed by atoms with van der Waals surface area (Å²) >= 11 is 1.71. The van der Waals surface area contributed by atoms with E-state index < -0.39 is 24.0 Å². The van der Waals surface area contributed by atoms with Crippen molar-refractivity contribution in [2.45, 2.75) is 48.2 Å². The van der Waals surface area contributed by atoms with Gasteiger partial charge in [-0.25, -0.2) is 9.07 Å². The number of alkyl halides is 3. The van der Waals surface area contributed by atoms with Gasteiger partial charge in [0.05, 0.1) is 23.1 Å². The van der Waals surface area contributed by atoms with Crippen LogP contribution in [0.15, 0.2) is 90.0 Å². The summed E-state index contributed by atoms with van der Waals surface area (Å²) < 4.78 is 59.3. The van der Waals surface area contributed by atoms with Gasteiger partial charge in [-0.3, -0.25) is 9.69 Å². The molecule has 1 aromatic heterocycles. The number of benzene rings is 3. The number of thioether (sulfide) groups is 1. The Balaban J connectivity index is 1.27. The van der Waals surface area contributed by atoms with Gasteiger partial charge < -0.3 is 4.90 Å². The van der Waals surface area contributed by atoms with Gasteiger partial charge in [0, 0.05) is 30.4 Å². The van der Waals surface area contributed by atoms with E-state index in [0.717, 1.165) is 32.5 Å². The van der Waals surface area contributed by atoms with E-state index in [0.29, 0.717) is 16.9 Å². The first kappa shape index (κ1) is 30.4. The van der Waals surface area contributed by atoms with Crippen LogP contribution in [0, 0.1) is 5.82 Å². The Kier molecular flexibility index (Phi) is 8.57. The lowest BCUT2D eigenvalue weighted by molar-refractivity contribution is -0.186. The lowest BCUT2D eigenvalue weighted by atomic mass is 9.79. The number of amides is 1. The van der Waals surface area contributed by atoms with Gasteiger partial charge in [0.25, 0.3) is 5.91 Å². The van der Waals surface area contributed by atoms with Crippen molar-refractivity contribution in [2.24, 2.45) is 0 Å². The second-order valence-electron chi connectivity index (χ2n) is 11.7. The monoisotopic (exact) mass is 622 g/mol. The zero-order valence-corrected chi connectivity index (χ0v) is 25.3. The number of halogens is 4. The normalized spacial score (nSPS) is 19.9. The third-order valence-corrected chi connectivity index (χ3v) is 9.82. The molecule has 3 heterocycles. The van der Waals surface area contributed by atoms with Crippen molar-refractivity contribution in [3.8, 4) is 5.69 Å². The number of piperidine rings is 1. The Morgan fingerprint density at radius 3 is 2.27 bits per heavy atom. The molecule has 0 saturated carbocycles. The predicted molar refractivity (Wildman–Crippen MR) is 164 cm³/mol. The van der Waals surface area contributed by atoms with E-state index in [9.17, 15) is 22.4 Å². The quantitative estimate of drug-likeness (QED) is 0.159. The van der Waals surface area contributed by atoms with Crippen molar-refractivity contribution in [1.29, 1.82) is 0 Å². The fourth-order valence-corrected chi connectivity index (χ4v) is 7.01. The molecule has 0 aliphatic carbocycles. The van der Waals surface area contributed by atoms with Crippen molar-refractivity contribution in [2.75, 3.05) is 32.4 Å². The molecule has 0 bridgehead atoms. The van der Waals surface area contributed by atoms with Gasteiger partial charge in [-0.05, 0) is 86.1 Å². The number of likely N-dealkylation sites (tertiary alicyclic amines) is 2. The van der Waals surface area contributed by atoms with Gasteiger partial charge in [0.15, 0.2) is 0 Å². The van der Waals surface area contributed by atoms with Crippen LogP contribution in [0.5, 0.6) is 0 Å². The zero-order valence-electron chi connectivity index (χ0n) is 24.4. The Morgan fingerprint density at radius 1 is 0.955 bits per heavy atom. The van der Waals surface area contributed by atoms with E-state index in [1.54, 1.807) is 46.8 Å². The highest BCUT2D eigenvalue weighted by Gasteiger charge is 2.59. The third-order valence-electron chi connectivity index (χ3n) is 9.07. The number of nitrogens with zero attached hydrogens (tertiary/aromatic N) is 4. The first-order valence-electron chi connectivity index (χ1n) is 14.8. The van der Waals surface area contributed by atoms with Gasteiger partial charge in [-0.15, -0.1) is 11.8 Å². The summed E-state index contributed by atoms with van der Waals surface area (Å²) in [7, 11) is 0. The van der Waals surface area contributed by atoms with E-state index >= 15 is 0 Å². The molecule has 230 valence electrons. The summed E-state index contributed by atoms with van der Waals surface area (Å²) in [5.74, 6) is -0.883. The molecule has 0 spiro atoms. The molecule has 0 radical (unpaired) electrons. The van der Waals surface area contributed by atoms with E-state index in [-0.39, 0.29) is 30.3 Å². The minimum absolute atomic E-state index is 0.0117. The minimum Gasteiger partial charge on any atom is -0.337 e. The lowest BCUT2D eigenvalue weighted by Crippen LogP contribution is -2.45. The van der Waals surface area contributed by atoms with Crippen LogP contribution in [0.3, 0.4) is 0 Å². The molecule has 1 atom stereocenters. The number of aromatic nitrogens is 2. The van der Waals surface area contributed by atoms with E-state index in [2.05, 4.69) is 40.5 Å². The molecule has 3 aromatic carbocycles. The highest BCUT2D eigenvalue weighted by molar-refractivity contribution is 7.98. The molecule has 6 rings (SSSR count). The molecule has 2 aliphatic heterocycles. The van der Waals surface area contributed by atoms with Crippen LogP contribution in [0.2, 0.25) is 0 Å². The largest absolute Gasteiger partial charge is 0.400 e. The van der Waals surface area contributed by atoms with Crippen LogP contribution >= 0.6 is 11.8 Å². The van der Waals surface area contributed by atoms with Crippen molar-refractivity contribution in [3.63, 3.8) is 0 Å². The summed E-state index contributed by atoms with van der Waals surface area (Å²) in [6.45, 7) is 1.95. The lowest BCUT2D eigenvalue weighted by Gasteiger charge is -2.33. The first-order chi connectivity index (χ1) is 21.2. The Hall–Kier alpha value is -3.63. The highest BCUT2D eigenvalue weighted by Crippen LogP contribution is 2.48. The van der Waals surface area contributed by atoms with Gasteiger partial charge in [-0.2, -0.15) is 18.3 Å². The molecule has 2 aliphatic rings. The molecule has 5 nitrogen and oxygen atoms in total. The van der Waals surface area contributed by atoms with Crippen LogP contribution in [-0.4, -0.2) is 64.1 Å². The smallest absolute Gasteiger partial charge is 0.337 e.